The molecule has 0 fully saturated rings. The molecule has 0 N–H and O–H groups in total. The predicted octanol–water partition coefficient (Wildman–Crippen LogP) is 33.6. The standard InChI is InChI=1S/C55H58N4.C49H44N2.8CH4/c1-10-37(38-22-24-39(25-23-38)46-19-15-21-49-50(46)47-18-12-13-20-48(47)59(49)11-2)34-36(3)42-16-14-17-43(35-42)53-57-51(40-26-30-44(31-27-40)54(4,5)6)56-52(58-53)41-28-32-45(33-29-41)55(7,8)9;1-4-35(36-26-28-37(29-27-36)43-23-15-25-48-49(43)44-22-12-13-24-47(44)51(48)5-2)30-34(3)40-20-14-21-41(31-40)42-32-45(38-16-8-6-9-17-38)50-46(33-42)39-18-10-7-11-19-39;;;;;;;;/h12-33,35-37H,10-11,34H2,1-9H3;6-29,31-35H,4-5,30H2,1-3H3;8*1H4. The van der Waals surface area contributed by atoms with Gasteiger partial charge in [-0.2, -0.15) is 0 Å². The molecule has 0 spiro atoms. The minimum absolute atomic E-state index is 0. The van der Waals surface area contributed by atoms with Crippen LogP contribution in [-0.4, -0.2) is 29.1 Å². The molecule has 6 nitrogen and oxygen atoms in total. The highest BCUT2D eigenvalue weighted by Crippen LogP contribution is 2.43. The highest BCUT2D eigenvalue weighted by Gasteiger charge is 2.24. The average molecular weight is 1560 g/mol. The summed E-state index contributed by atoms with van der Waals surface area (Å²) in [5.41, 5.74) is 28.2. The van der Waals surface area contributed by atoms with Gasteiger partial charge in [0.2, 0.25) is 0 Å². The van der Waals surface area contributed by atoms with Gasteiger partial charge in [-0.15, -0.1) is 0 Å². The van der Waals surface area contributed by atoms with E-state index in [4.69, 9.17) is 19.9 Å². The number of para-hydroxylation sites is 2. The van der Waals surface area contributed by atoms with Gasteiger partial charge in [-0.25, -0.2) is 19.9 Å². The number of aryl methyl sites for hydroxylation is 2. The number of rotatable bonds is 20. The van der Waals surface area contributed by atoms with Crippen LogP contribution in [0.2, 0.25) is 0 Å². The van der Waals surface area contributed by atoms with Crippen molar-refractivity contribution in [3.05, 3.63) is 337 Å². The van der Waals surface area contributed by atoms with Crippen LogP contribution in [0.4, 0.5) is 0 Å². The van der Waals surface area contributed by atoms with Crippen LogP contribution >= 0.6 is 0 Å². The van der Waals surface area contributed by atoms with Crippen molar-refractivity contribution in [2.45, 2.75) is 216 Å². The third kappa shape index (κ3) is 19.6. The zero-order chi connectivity index (χ0) is 76.2. The number of nitrogens with zero attached hydrogens (tertiary/aromatic N) is 6. The molecular weight excluding hydrogens is 1430 g/mol. The third-order valence-corrected chi connectivity index (χ3v) is 23.0. The Balaban J connectivity index is 0.000000308. The summed E-state index contributed by atoms with van der Waals surface area (Å²) < 4.78 is 4.87. The summed E-state index contributed by atoms with van der Waals surface area (Å²) in [5.74, 6) is 3.72. The average Bonchev–Trinajstić information content (AvgIpc) is 1.59. The van der Waals surface area contributed by atoms with Gasteiger partial charge in [-0.1, -0.05) is 390 Å². The number of fused-ring (bicyclic) bond motifs is 6. The van der Waals surface area contributed by atoms with E-state index in [9.17, 15) is 0 Å². The summed E-state index contributed by atoms with van der Waals surface area (Å²) >= 11 is 0. The number of benzene rings is 12. The largest absolute Gasteiger partial charge is 0.341 e. The molecule has 118 heavy (non-hydrogen) atoms. The molecule has 4 unspecified atom stereocenters. The fourth-order valence-corrected chi connectivity index (χ4v) is 16.7. The van der Waals surface area contributed by atoms with Crippen molar-refractivity contribution in [3.63, 3.8) is 0 Å². The van der Waals surface area contributed by atoms with E-state index in [-0.39, 0.29) is 70.2 Å². The molecular formula is C112H134N6. The maximum absolute atomic E-state index is 5.12. The molecule has 12 aromatic carbocycles. The molecule has 0 aliphatic rings. The zero-order valence-corrected chi connectivity index (χ0v) is 66.1. The Morgan fingerprint density at radius 2 is 0.593 bits per heavy atom. The molecule has 16 rings (SSSR count). The fourth-order valence-electron chi connectivity index (χ4n) is 16.7. The van der Waals surface area contributed by atoms with Crippen molar-refractivity contribution in [1.82, 2.24) is 29.1 Å². The summed E-state index contributed by atoms with van der Waals surface area (Å²) in [5, 5.41) is 5.34. The highest BCUT2D eigenvalue weighted by atomic mass is 15.0. The lowest BCUT2D eigenvalue weighted by atomic mass is 9.83. The molecule has 0 amide bonds. The van der Waals surface area contributed by atoms with Gasteiger partial charge in [0.05, 0.1) is 11.4 Å². The summed E-state index contributed by atoms with van der Waals surface area (Å²) in [6.07, 6.45) is 4.33. The van der Waals surface area contributed by atoms with Crippen molar-refractivity contribution >= 4 is 43.6 Å². The van der Waals surface area contributed by atoms with E-state index in [0.717, 1.165) is 78.0 Å². The molecule has 4 aromatic heterocycles. The van der Waals surface area contributed by atoms with Crippen molar-refractivity contribution in [3.8, 4) is 90.1 Å². The van der Waals surface area contributed by atoms with Gasteiger partial charge >= 0.3 is 0 Å². The summed E-state index contributed by atoms with van der Waals surface area (Å²) in [6.45, 7) is 29.2. The second-order valence-corrected chi connectivity index (χ2v) is 32.2. The molecule has 4 atom stereocenters. The van der Waals surface area contributed by atoms with Gasteiger partial charge in [0.15, 0.2) is 17.5 Å². The normalized spacial score (nSPS) is 12.1. The Kier molecular flexibility index (Phi) is 32.1. The van der Waals surface area contributed by atoms with E-state index < -0.39 is 0 Å². The van der Waals surface area contributed by atoms with Crippen LogP contribution in [0.3, 0.4) is 0 Å². The summed E-state index contributed by atoms with van der Waals surface area (Å²) in [4.78, 5) is 20.4. The second-order valence-electron chi connectivity index (χ2n) is 32.2. The first-order valence-corrected chi connectivity index (χ1v) is 40.0. The smallest absolute Gasteiger partial charge is 0.164 e. The minimum Gasteiger partial charge on any atom is -0.341 e. The first-order valence-electron chi connectivity index (χ1n) is 40.0. The number of hydrogen-bond acceptors (Lipinski definition) is 4. The zero-order valence-electron chi connectivity index (χ0n) is 66.1. The Morgan fingerprint density at radius 1 is 0.271 bits per heavy atom. The van der Waals surface area contributed by atoms with Crippen molar-refractivity contribution in [2.75, 3.05) is 0 Å². The molecule has 0 saturated heterocycles. The van der Waals surface area contributed by atoms with E-state index in [2.05, 4.69) is 396 Å². The lowest BCUT2D eigenvalue weighted by Gasteiger charge is -2.22. The fraction of sp³-hybridized carbons (Fsp3) is 0.286. The summed E-state index contributed by atoms with van der Waals surface area (Å²) in [7, 11) is 0. The molecule has 0 aliphatic carbocycles. The van der Waals surface area contributed by atoms with Gasteiger partial charge < -0.3 is 9.13 Å². The monoisotopic (exact) mass is 1560 g/mol. The third-order valence-electron chi connectivity index (χ3n) is 23.0. The number of aromatic nitrogens is 6. The topological polar surface area (TPSA) is 61.4 Å². The molecule has 0 aliphatic heterocycles. The van der Waals surface area contributed by atoms with Crippen LogP contribution in [0, 0.1) is 0 Å². The van der Waals surface area contributed by atoms with Crippen LogP contribution in [0.1, 0.15) is 225 Å². The molecule has 0 bridgehead atoms. The van der Waals surface area contributed by atoms with E-state index in [1.54, 1.807) is 0 Å². The van der Waals surface area contributed by atoms with Gasteiger partial charge in [0, 0.05) is 84.5 Å². The van der Waals surface area contributed by atoms with Crippen LogP contribution in [0.25, 0.3) is 134 Å². The molecule has 0 saturated carbocycles. The Morgan fingerprint density at radius 3 is 0.966 bits per heavy atom. The van der Waals surface area contributed by atoms with Gasteiger partial charge in [-0.3, -0.25) is 0 Å². The molecule has 16 aromatic rings. The van der Waals surface area contributed by atoms with Gasteiger partial charge in [0.1, 0.15) is 0 Å². The van der Waals surface area contributed by atoms with Crippen molar-refractivity contribution < 1.29 is 0 Å². The highest BCUT2D eigenvalue weighted by molar-refractivity contribution is 6.16. The van der Waals surface area contributed by atoms with Crippen LogP contribution in [0.5, 0.6) is 0 Å². The maximum atomic E-state index is 5.12. The van der Waals surface area contributed by atoms with Crippen molar-refractivity contribution in [1.29, 1.82) is 0 Å². The van der Waals surface area contributed by atoms with Crippen LogP contribution < -0.4 is 0 Å². The van der Waals surface area contributed by atoms with Crippen LogP contribution in [0.15, 0.2) is 303 Å². The second kappa shape index (κ2) is 40.5. The SMILES string of the molecule is C.C.C.C.C.C.C.C.CCC(CC(C)c1cccc(-c2cc(-c3ccccc3)nc(-c3ccccc3)c2)c1)c1ccc(-c2cccc3c2c2ccccc2n3CC)cc1.CCC(CC(C)c1cccc(-c2nc(-c3ccc(C(C)(C)C)cc3)nc(-c3ccc(C(C)(C)C)cc3)n2)c1)c1ccc(-c2cccc3c2c2ccccc2n3CC)cc1. The number of pyridine rings is 1. The van der Waals surface area contributed by atoms with E-state index >= 15 is 0 Å². The van der Waals surface area contributed by atoms with E-state index in [1.807, 2.05) is 0 Å². The van der Waals surface area contributed by atoms with E-state index in [1.165, 1.54) is 110 Å². The van der Waals surface area contributed by atoms with Gasteiger partial charge in [-0.05, 0) is 183 Å². The minimum atomic E-state index is 0. The first-order chi connectivity index (χ1) is 53.4. The predicted molar refractivity (Wildman–Crippen MR) is 521 cm³/mol. The van der Waals surface area contributed by atoms with Gasteiger partial charge in [0.25, 0.3) is 0 Å². The Labute approximate surface area is 710 Å². The Hall–Kier alpha value is -11.6. The summed E-state index contributed by atoms with van der Waals surface area (Å²) in [6, 6.07) is 111. The molecule has 6 heteroatoms. The molecule has 612 valence electrons. The number of hydrogen-bond donors (Lipinski definition) is 0. The van der Waals surface area contributed by atoms with E-state index in [0.29, 0.717) is 41.1 Å². The Bertz CT molecular complexity index is 5740. The lowest BCUT2D eigenvalue weighted by Crippen LogP contribution is -2.11. The first kappa shape index (κ1) is 93.6. The molecule has 4 heterocycles. The quantitative estimate of drug-likeness (QED) is 0.0763. The maximum Gasteiger partial charge on any atom is 0.164 e. The molecule has 0 radical (unpaired) electrons. The van der Waals surface area contributed by atoms with Crippen molar-refractivity contribution in [2.24, 2.45) is 0 Å². The van der Waals surface area contributed by atoms with Crippen LogP contribution in [-0.2, 0) is 23.9 Å². The lowest BCUT2D eigenvalue weighted by molar-refractivity contribution is 0.544.